The molecule has 0 aliphatic carbocycles. The van der Waals surface area contributed by atoms with E-state index in [0.29, 0.717) is 6.54 Å². The van der Waals surface area contributed by atoms with Crippen LogP contribution in [0.4, 0.5) is 0 Å². The Morgan fingerprint density at radius 3 is 2.36 bits per heavy atom. The van der Waals surface area contributed by atoms with Crippen LogP contribution in [0, 0.1) is 0 Å². The summed E-state index contributed by atoms with van der Waals surface area (Å²) in [6.07, 6.45) is 0. The topological polar surface area (TPSA) is 61.4 Å². The minimum atomic E-state index is -0.812. The molecule has 1 atom stereocenters. The number of nitrogens with one attached hydrogen (secondary N) is 2. The van der Waals surface area contributed by atoms with Crippen molar-refractivity contribution in [1.82, 2.24) is 10.6 Å². The Kier molecular flexibility index (Phi) is 4.81. The molecular formula is C7H16N2O2. The van der Waals surface area contributed by atoms with Gasteiger partial charge in [-0.1, -0.05) is 13.8 Å². The van der Waals surface area contributed by atoms with Crippen LogP contribution in [0.15, 0.2) is 0 Å². The first-order chi connectivity index (χ1) is 5.07. The number of likely N-dealkylation sites (N-methyl/N-ethyl adjacent to an activating group) is 1. The van der Waals surface area contributed by atoms with Crippen LogP contribution in [0.1, 0.15) is 13.8 Å². The predicted molar refractivity (Wildman–Crippen MR) is 43.6 cm³/mol. The van der Waals surface area contributed by atoms with Gasteiger partial charge in [0.15, 0.2) is 0 Å². The fourth-order valence-corrected chi connectivity index (χ4v) is 0.824. The van der Waals surface area contributed by atoms with Crippen molar-refractivity contribution in [1.29, 1.82) is 0 Å². The molecule has 0 heterocycles. The van der Waals surface area contributed by atoms with E-state index in [1.165, 1.54) is 0 Å². The number of aliphatic carboxylic acids is 1. The highest BCUT2D eigenvalue weighted by molar-refractivity contribution is 5.73. The molecule has 0 aromatic rings. The highest BCUT2D eigenvalue weighted by Crippen LogP contribution is 1.85. The molecule has 0 aromatic carbocycles. The lowest BCUT2D eigenvalue weighted by Gasteiger charge is -2.16. The van der Waals surface area contributed by atoms with Crippen molar-refractivity contribution in [2.45, 2.75) is 25.9 Å². The van der Waals surface area contributed by atoms with Crippen LogP contribution in [0.25, 0.3) is 0 Å². The highest BCUT2D eigenvalue weighted by Gasteiger charge is 2.15. The van der Waals surface area contributed by atoms with Gasteiger partial charge in [0, 0.05) is 12.6 Å². The molecule has 3 N–H and O–H groups in total. The zero-order chi connectivity index (χ0) is 8.85. The van der Waals surface area contributed by atoms with E-state index >= 15 is 0 Å². The molecule has 11 heavy (non-hydrogen) atoms. The quantitative estimate of drug-likeness (QED) is 0.515. The van der Waals surface area contributed by atoms with Gasteiger partial charge in [-0.15, -0.1) is 0 Å². The van der Waals surface area contributed by atoms with Crippen LogP contribution in [-0.4, -0.2) is 36.8 Å². The smallest absolute Gasteiger partial charge is 0.322 e. The maximum absolute atomic E-state index is 10.5. The van der Waals surface area contributed by atoms with Crippen LogP contribution < -0.4 is 10.6 Å². The van der Waals surface area contributed by atoms with Gasteiger partial charge < -0.3 is 15.7 Å². The Bertz CT molecular complexity index is 126. The summed E-state index contributed by atoms with van der Waals surface area (Å²) in [5, 5.41) is 14.4. The monoisotopic (exact) mass is 160 g/mol. The van der Waals surface area contributed by atoms with Crippen LogP contribution in [0.5, 0.6) is 0 Å². The molecule has 66 valence electrons. The molecular weight excluding hydrogens is 144 g/mol. The van der Waals surface area contributed by atoms with E-state index in [1.807, 2.05) is 13.8 Å². The van der Waals surface area contributed by atoms with Gasteiger partial charge in [0.05, 0.1) is 0 Å². The largest absolute Gasteiger partial charge is 0.480 e. The molecule has 0 bridgehead atoms. The van der Waals surface area contributed by atoms with Crippen molar-refractivity contribution in [3.8, 4) is 0 Å². The van der Waals surface area contributed by atoms with Crippen LogP contribution >= 0.6 is 0 Å². The van der Waals surface area contributed by atoms with Gasteiger partial charge in [0.2, 0.25) is 0 Å². The van der Waals surface area contributed by atoms with E-state index < -0.39 is 12.0 Å². The Hall–Kier alpha value is -0.610. The Labute approximate surface area is 67.0 Å². The van der Waals surface area contributed by atoms with Gasteiger partial charge in [-0.25, -0.2) is 0 Å². The van der Waals surface area contributed by atoms with E-state index in [-0.39, 0.29) is 6.04 Å². The molecule has 0 fully saturated rings. The van der Waals surface area contributed by atoms with Gasteiger partial charge in [-0.05, 0) is 7.05 Å². The molecule has 0 unspecified atom stereocenters. The fraction of sp³-hybridized carbons (Fsp3) is 0.857. The van der Waals surface area contributed by atoms with Crippen LogP contribution in [-0.2, 0) is 4.79 Å². The van der Waals surface area contributed by atoms with Crippen LogP contribution in [0.2, 0.25) is 0 Å². The number of hydrogen-bond acceptors (Lipinski definition) is 3. The van der Waals surface area contributed by atoms with Crippen molar-refractivity contribution >= 4 is 5.97 Å². The normalized spacial score (nSPS) is 13.5. The van der Waals surface area contributed by atoms with Crippen molar-refractivity contribution < 1.29 is 9.90 Å². The molecule has 4 nitrogen and oxygen atoms in total. The molecule has 0 saturated carbocycles. The standard InChI is InChI=1S/C7H16N2O2/c1-5(2)9-6(4-8-3)7(10)11/h5-6,8-9H,4H2,1-3H3,(H,10,11)/t6-/m1/s1. The summed E-state index contributed by atoms with van der Waals surface area (Å²) in [4.78, 5) is 10.5. The van der Waals surface area contributed by atoms with E-state index in [1.54, 1.807) is 7.05 Å². The van der Waals surface area contributed by atoms with Gasteiger partial charge >= 0.3 is 5.97 Å². The van der Waals surface area contributed by atoms with Gasteiger partial charge in [-0.3, -0.25) is 4.79 Å². The summed E-state index contributed by atoms with van der Waals surface area (Å²) in [5.74, 6) is -0.812. The van der Waals surface area contributed by atoms with E-state index in [0.717, 1.165) is 0 Å². The van der Waals surface area contributed by atoms with E-state index in [2.05, 4.69) is 10.6 Å². The first kappa shape index (κ1) is 10.4. The van der Waals surface area contributed by atoms with E-state index in [9.17, 15) is 4.79 Å². The third-order valence-electron chi connectivity index (χ3n) is 1.24. The third-order valence-corrected chi connectivity index (χ3v) is 1.24. The minimum Gasteiger partial charge on any atom is -0.480 e. The average molecular weight is 160 g/mol. The third kappa shape index (κ3) is 4.75. The molecule has 0 radical (unpaired) electrons. The Morgan fingerprint density at radius 1 is 1.55 bits per heavy atom. The summed E-state index contributed by atoms with van der Waals surface area (Å²) in [5.41, 5.74) is 0. The summed E-state index contributed by atoms with van der Waals surface area (Å²) in [6, 6.07) is -0.288. The first-order valence-corrected chi connectivity index (χ1v) is 3.71. The SMILES string of the molecule is CNC[C@@H](NC(C)C)C(=O)O. The lowest BCUT2D eigenvalue weighted by atomic mass is 10.2. The molecule has 4 heteroatoms. The Morgan fingerprint density at radius 2 is 2.09 bits per heavy atom. The van der Waals surface area contributed by atoms with Crippen molar-refractivity contribution in [3.63, 3.8) is 0 Å². The predicted octanol–water partition coefficient (Wildman–Crippen LogP) is -0.343. The lowest BCUT2D eigenvalue weighted by Crippen LogP contribution is -2.46. The number of rotatable bonds is 5. The number of carboxylic acids is 1. The number of carboxylic acid groups (broad SMARTS) is 1. The van der Waals surface area contributed by atoms with Crippen molar-refractivity contribution in [2.24, 2.45) is 0 Å². The van der Waals surface area contributed by atoms with Gasteiger partial charge in [0.25, 0.3) is 0 Å². The molecule has 0 aliphatic heterocycles. The second-order valence-corrected chi connectivity index (χ2v) is 2.77. The highest BCUT2D eigenvalue weighted by atomic mass is 16.4. The number of carbonyl (C=O) groups is 1. The summed E-state index contributed by atoms with van der Waals surface area (Å²) in [7, 11) is 1.73. The second-order valence-electron chi connectivity index (χ2n) is 2.77. The van der Waals surface area contributed by atoms with Crippen molar-refractivity contribution in [2.75, 3.05) is 13.6 Å². The lowest BCUT2D eigenvalue weighted by molar-refractivity contribution is -0.139. The maximum atomic E-state index is 10.5. The van der Waals surface area contributed by atoms with Gasteiger partial charge in [-0.2, -0.15) is 0 Å². The first-order valence-electron chi connectivity index (χ1n) is 3.71. The maximum Gasteiger partial charge on any atom is 0.322 e. The second kappa shape index (κ2) is 5.09. The number of hydrogen-bond donors (Lipinski definition) is 3. The van der Waals surface area contributed by atoms with Crippen molar-refractivity contribution in [3.05, 3.63) is 0 Å². The summed E-state index contributed by atoms with van der Waals surface area (Å²) >= 11 is 0. The molecule has 0 saturated heterocycles. The summed E-state index contributed by atoms with van der Waals surface area (Å²) < 4.78 is 0. The van der Waals surface area contributed by atoms with E-state index in [4.69, 9.17) is 5.11 Å². The van der Waals surface area contributed by atoms with Gasteiger partial charge in [0.1, 0.15) is 6.04 Å². The fourth-order valence-electron chi connectivity index (χ4n) is 0.824. The molecule has 0 amide bonds. The molecule has 0 spiro atoms. The zero-order valence-corrected chi connectivity index (χ0v) is 7.22. The average Bonchev–Trinajstić information content (AvgIpc) is 1.86. The Balaban J connectivity index is 3.79. The minimum absolute atomic E-state index is 0.199. The molecule has 0 aliphatic rings. The molecule has 0 rings (SSSR count). The zero-order valence-electron chi connectivity index (χ0n) is 7.22. The molecule has 0 aromatic heterocycles. The van der Waals surface area contributed by atoms with Crippen LogP contribution in [0.3, 0.4) is 0 Å². The summed E-state index contributed by atoms with van der Waals surface area (Å²) in [6.45, 7) is 4.30.